The summed E-state index contributed by atoms with van der Waals surface area (Å²) in [6, 6.07) is -0.210. The van der Waals surface area contributed by atoms with Crippen molar-refractivity contribution in [3.8, 4) is 12.3 Å². The number of allylic oxidation sites excluding steroid dienone is 7. The van der Waals surface area contributed by atoms with Crippen molar-refractivity contribution in [2.24, 2.45) is 11.8 Å². The molecule has 206 valence electrons. The maximum atomic E-state index is 12.5. The molecule has 38 heavy (non-hydrogen) atoms. The lowest BCUT2D eigenvalue weighted by Gasteiger charge is -2.36. The molecule has 2 heterocycles. The van der Waals surface area contributed by atoms with Crippen LogP contribution in [0.4, 0.5) is 0 Å². The molecular weight excluding hydrogens is 474 g/mol. The molecule has 1 amide bonds. The summed E-state index contributed by atoms with van der Waals surface area (Å²) in [5.41, 5.74) is 2.39. The molecule has 0 radical (unpaired) electrons. The van der Waals surface area contributed by atoms with Gasteiger partial charge in [0.15, 0.2) is 0 Å². The number of carbonyl (C=O) groups is 2. The van der Waals surface area contributed by atoms with Crippen molar-refractivity contribution in [3.05, 3.63) is 71.9 Å². The summed E-state index contributed by atoms with van der Waals surface area (Å²) >= 11 is 0. The van der Waals surface area contributed by atoms with Gasteiger partial charge in [0.1, 0.15) is 6.10 Å². The smallest absolute Gasteiger partial charge is 0.331 e. The van der Waals surface area contributed by atoms with Gasteiger partial charge in [-0.15, -0.1) is 12.3 Å². The third kappa shape index (κ3) is 11.5. The van der Waals surface area contributed by atoms with Gasteiger partial charge in [-0.1, -0.05) is 73.6 Å². The van der Waals surface area contributed by atoms with Gasteiger partial charge in [-0.25, -0.2) is 4.79 Å². The first-order chi connectivity index (χ1) is 18.2. The number of terminal acetylenes is 1. The van der Waals surface area contributed by atoms with Crippen LogP contribution in [0.2, 0.25) is 0 Å². The van der Waals surface area contributed by atoms with Crippen LogP contribution in [0.3, 0.4) is 0 Å². The molecule has 5 nitrogen and oxygen atoms in total. The number of nitrogens with one attached hydrogen (secondary N) is 1. The minimum atomic E-state index is -0.286. The zero-order valence-corrected chi connectivity index (χ0v) is 23.7. The van der Waals surface area contributed by atoms with Crippen LogP contribution in [0.1, 0.15) is 73.1 Å². The molecule has 6 atom stereocenters. The van der Waals surface area contributed by atoms with Crippen LogP contribution in [0.15, 0.2) is 71.9 Å². The Morgan fingerprint density at radius 3 is 2.79 bits per heavy atom. The number of esters is 1. The molecular formula is C33H45NO4. The Balaban J connectivity index is 2.00. The average molecular weight is 520 g/mol. The van der Waals surface area contributed by atoms with Gasteiger partial charge in [0.05, 0.1) is 18.2 Å². The molecule has 5 heteroatoms. The quantitative estimate of drug-likeness (QED) is 0.137. The lowest BCUT2D eigenvalue weighted by molar-refractivity contribution is -0.141. The average Bonchev–Trinajstić information content (AvgIpc) is 2.87. The van der Waals surface area contributed by atoms with Gasteiger partial charge in [-0.05, 0) is 57.9 Å². The summed E-state index contributed by atoms with van der Waals surface area (Å²) in [6.45, 7) is 10.6. The highest BCUT2D eigenvalue weighted by Crippen LogP contribution is 2.28. The molecule has 2 aliphatic heterocycles. The van der Waals surface area contributed by atoms with Crippen molar-refractivity contribution >= 4 is 11.9 Å². The van der Waals surface area contributed by atoms with Crippen LogP contribution in [-0.4, -0.2) is 36.2 Å². The van der Waals surface area contributed by atoms with Crippen molar-refractivity contribution in [2.75, 3.05) is 0 Å². The summed E-state index contributed by atoms with van der Waals surface area (Å²) in [4.78, 5) is 23.9. The Labute approximate surface area is 229 Å². The number of carbonyl (C=O) groups excluding carboxylic acids is 2. The summed E-state index contributed by atoms with van der Waals surface area (Å²) in [5.74, 6) is 3.00. The lowest BCUT2D eigenvalue weighted by Crippen LogP contribution is -2.47. The summed E-state index contributed by atoms with van der Waals surface area (Å²) < 4.78 is 11.7. The fourth-order valence-electron chi connectivity index (χ4n) is 4.78. The molecule has 1 saturated heterocycles. The molecule has 0 aromatic heterocycles. The number of ether oxygens (including phenoxy) is 2. The van der Waals surface area contributed by atoms with Gasteiger partial charge in [-0.3, -0.25) is 4.79 Å². The topological polar surface area (TPSA) is 64.6 Å². The summed E-state index contributed by atoms with van der Waals surface area (Å²) in [5, 5.41) is 3.13. The molecule has 0 spiro atoms. The lowest BCUT2D eigenvalue weighted by atomic mass is 9.90. The fraction of sp³-hybridized carbons (Fsp3) is 0.515. The normalized spacial score (nSPS) is 26.5. The van der Waals surface area contributed by atoms with E-state index in [1.165, 1.54) is 11.6 Å². The molecule has 0 aromatic rings. The molecule has 2 aliphatic rings. The van der Waals surface area contributed by atoms with Crippen molar-refractivity contribution in [3.63, 3.8) is 0 Å². The Hall–Kier alpha value is -3.10. The SMILES string of the molecule is C#CCCC(=O)N[C@H](/C=C/C=C(\C)C[C@@H](C)/C=C(C)\C=C\C1CC=CC(=O)O1)C1CC[C@H](C)C(/C=C/C)O1. The first-order valence-electron chi connectivity index (χ1n) is 13.8. The highest BCUT2D eigenvalue weighted by Gasteiger charge is 2.31. The molecule has 0 aromatic carbocycles. The van der Waals surface area contributed by atoms with Crippen LogP contribution in [0.5, 0.6) is 0 Å². The van der Waals surface area contributed by atoms with E-state index in [2.05, 4.69) is 57.2 Å². The van der Waals surface area contributed by atoms with E-state index in [9.17, 15) is 9.59 Å². The van der Waals surface area contributed by atoms with Gasteiger partial charge in [-0.2, -0.15) is 0 Å². The van der Waals surface area contributed by atoms with Crippen molar-refractivity contribution < 1.29 is 19.1 Å². The van der Waals surface area contributed by atoms with Crippen LogP contribution in [-0.2, 0) is 19.1 Å². The Kier molecular flexibility index (Phi) is 13.7. The number of hydrogen-bond acceptors (Lipinski definition) is 4. The highest BCUT2D eigenvalue weighted by atomic mass is 16.5. The third-order valence-corrected chi connectivity index (χ3v) is 6.76. The van der Waals surface area contributed by atoms with Crippen LogP contribution in [0.25, 0.3) is 0 Å². The second-order valence-corrected chi connectivity index (χ2v) is 10.5. The van der Waals surface area contributed by atoms with E-state index in [1.54, 1.807) is 0 Å². The van der Waals surface area contributed by atoms with E-state index in [0.29, 0.717) is 31.1 Å². The molecule has 0 saturated carbocycles. The van der Waals surface area contributed by atoms with E-state index in [-0.39, 0.29) is 36.2 Å². The van der Waals surface area contributed by atoms with Gasteiger partial charge >= 0.3 is 5.97 Å². The minimum absolute atomic E-state index is 0.0515. The standard InChI is InChI=1S/C33H45NO4/c1-7-9-16-32(35)34-29(31-21-19-27(6)30(38-31)12-8-2)15-10-13-24(3)22-26(5)23-25(4)18-20-28-14-11-17-33(36)37-28/h1,8,10-13,15,17-18,20,23,26-31H,9,14,16,19,21-22H2,2-6H3,(H,34,35)/b12-8+,15-10+,20-18+,24-13+,25-23-/t26-,27+,28?,29-,30?,31?/m1/s1. The first kappa shape index (κ1) is 31.1. The zero-order chi connectivity index (χ0) is 27.9. The van der Waals surface area contributed by atoms with Gasteiger partial charge < -0.3 is 14.8 Å². The Bertz CT molecular complexity index is 1010. The molecule has 3 unspecified atom stereocenters. The Morgan fingerprint density at radius 1 is 1.29 bits per heavy atom. The van der Waals surface area contributed by atoms with Crippen molar-refractivity contribution in [1.82, 2.24) is 5.32 Å². The number of amides is 1. The van der Waals surface area contributed by atoms with E-state index < -0.39 is 0 Å². The van der Waals surface area contributed by atoms with Gasteiger partial charge in [0.2, 0.25) is 5.91 Å². The van der Waals surface area contributed by atoms with Crippen LogP contribution in [0, 0.1) is 24.2 Å². The molecule has 0 bridgehead atoms. The van der Waals surface area contributed by atoms with Gasteiger partial charge in [0, 0.05) is 25.3 Å². The Morgan fingerprint density at radius 2 is 2.08 bits per heavy atom. The predicted octanol–water partition coefficient (Wildman–Crippen LogP) is 6.55. The van der Waals surface area contributed by atoms with Crippen LogP contribution >= 0.6 is 0 Å². The van der Waals surface area contributed by atoms with E-state index >= 15 is 0 Å². The zero-order valence-electron chi connectivity index (χ0n) is 23.7. The van der Waals surface area contributed by atoms with E-state index in [4.69, 9.17) is 15.9 Å². The molecule has 1 N–H and O–H groups in total. The second kappa shape index (κ2) is 16.7. The highest BCUT2D eigenvalue weighted by molar-refractivity contribution is 5.83. The van der Waals surface area contributed by atoms with Crippen molar-refractivity contribution in [2.45, 2.75) is 97.5 Å². The maximum absolute atomic E-state index is 12.5. The predicted molar refractivity (Wildman–Crippen MR) is 155 cm³/mol. The monoisotopic (exact) mass is 519 g/mol. The third-order valence-electron chi connectivity index (χ3n) is 6.76. The molecule has 1 fully saturated rings. The minimum Gasteiger partial charge on any atom is -0.455 e. The van der Waals surface area contributed by atoms with E-state index in [0.717, 1.165) is 24.8 Å². The molecule has 0 aliphatic carbocycles. The first-order valence-corrected chi connectivity index (χ1v) is 13.8. The summed E-state index contributed by atoms with van der Waals surface area (Å²) in [7, 11) is 0. The largest absolute Gasteiger partial charge is 0.455 e. The van der Waals surface area contributed by atoms with Crippen molar-refractivity contribution in [1.29, 1.82) is 0 Å². The fourth-order valence-corrected chi connectivity index (χ4v) is 4.78. The maximum Gasteiger partial charge on any atom is 0.331 e. The number of hydrogen-bond donors (Lipinski definition) is 1. The van der Waals surface area contributed by atoms with Crippen LogP contribution < -0.4 is 5.32 Å². The second-order valence-electron chi connectivity index (χ2n) is 10.5. The molecule has 2 rings (SSSR count). The van der Waals surface area contributed by atoms with Gasteiger partial charge in [0.25, 0.3) is 0 Å². The van der Waals surface area contributed by atoms with E-state index in [1.807, 2.05) is 43.4 Å². The number of cyclic esters (lactones) is 1. The number of rotatable bonds is 12. The summed E-state index contributed by atoms with van der Waals surface area (Å²) in [6.07, 6.45) is 29.3.